The van der Waals surface area contributed by atoms with E-state index in [9.17, 15) is 13.6 Å². The van der Waals surface area contributed by atoms with Crippen molar-refractivity contribution >= 4 is 5.78 Å². The summed E-state index contributed by atoms with van der Waals surface area (Å²) < 4.78 is 32.8. The summed E-state index contributed by atoms with van der Waals surface area (Å²) in [7, 11) is 0. The second-order valence-corrected chi connectivity index (χ2v) is 5.10. The number of halogens is 2. The van der Waals surface area contributed by atoms with Crippen molar-refractivity contribution in [3.63, 3.8) is 0 Å². The van der Waals surface area contributed by atoms with Gasteiger partial charge in [-0.1, -0.05) is 6.07 Å². The van der Waals surface area contributed by atoms with Crippen molar-refractivity contribution in [2.75, 3.05) is 6.61 Å². The average molecular weight is 268 g/mol. The Labute approximate surface area is 111 Å². The van der Waals surface area contributed by atoms with Crippen LogP contribution in [-0.4, -0.2) is 18.5 Å². The predicted octanol–water partition coefficient (Wildman–Crippen LogP) is 3.66. The normalized spacial score (nSPS) is 22.1. The molecule has 1 aliphatic rings. The summed E-state index contributed by atoms with van der Waals surface area (Å²) >= 11 is 0. The highest BCUT2D eigenvalue weighted by Crippen LogP contribution is 2.34. The van der Waals surface area contributed by atoms with Gasteiger partial charge in [0.05, 0.1) is 11.7 Å². The van der Waals surface area contributed by atoms with Crippen LogP contribution in [0.4, 0.5) is 8.78 Å². The van der Waals surface area contributed by atoms with Crippen LogP contribution in [0.5, 0.6) is 0 Å². The predicted molar refractivity (Wildman–Crippen MR) is 68.2 cm³/mol. The Bertz CT molecular complexity index is 479. The summed E-state index contributed by atoms with van der Waals surface area (Å²) in [5.41, 5.74) is -0.0922. The Balaban J connectivity index is 2.00. The summed E-state index contributed by atoms with van der Waals surface area (Å²) in [5, 5.41) is 0. The molecule has 19 heavy (non-hydrogen) atoms. The molecule has 0 unspecified atom stereocenters. The van der Waals surface area contributed by atoms with Crippen LogP contribution in [0, 0.1) is 24.5 Å². The molecule has 0 atom stereocenters. The van der Waals surface area contributed by atoms with Gasteiger partial charge in [-0.3, -0.25) is 4.79 Å². The summed E-state index contributed by atoms with van der Waals surface area (Å²) in [5.74, 6) is -1.76. The molecule has 1 fully saturated rings. The molecule has 104 valence electrons. The standard InChI is InChI=1S/C15H18F2O2/c1-3-19-11-6-10(7-11)8-13(18)14-12(16)5-4-9(2)15(14)17/h4-5,10-11H,3,6-8H2,1-2H3. The molecule has 1 aromatic carbocycles. The second kappa shape index (κ2) is 5.78. The van der Waals surface area contributed by atoms with Crippen molar-refractivity contribution < 1.29 is 18.3 Å². The van der Waals surface area contributed by atoms with E-state index in [-0.39, 0.29) is 24.0 Å². The molecule has 0 radical (unpaired) electrons. The zero-order chi connectivity index (χ0) is 14.0. The number of benzene rings is 1. The molecule has 0 N–H and O–H groups in total. The van der Waals surface area contributed by atoms with Crippen molar-refractivity contribution in [3.8, 4) is 0 Å². The van der Waals surface area contributed by atoms with Crippen LogP contribution < -0.4 is 0 Å². The van der Waals surface area contributed by atoms with Gasteiger partial charge in [0.1, 0.15) is 11.6 Å². The second-order valence-electron chi connectivity index (χ2n) is 5.10. The van der Waals surface area contributed by atoms with Crippen LogP contribution in [0.2, 0.25) is 0 Å². The zero-order valence-electron chi connectivity index (χ0n) is 11.2. The molecular formula is C15H18F2O2. The van der Waals surface area contributed by atoms with Crippen LogP contribution in [0.1, 0.15) is 42.1 Å². The maximum absolute atomic E-state index is 13.8. The first kappa shape index (κ1) is 14.1. The van der Waals surface area contributed by atoms with Gasteiger partial charge in [0.25, 0.3) is 0 Å². The number of ketones is 1. The number of carbonyl (C=O) groups excluding carboxylic acids is 1. The van der Waals surface area contributed by atoms with E-state index in [1.54, 1.807) is 0 Å². The molecule has 1 aliphatic carbocycles. The molecule has 0 aliphatic heterocycles. The average Bonchev–Trinajstić information content (AvgIpc) is 2.32. The molecule has 0 heterocycles. The molecule has 0 aromatic heterocycles. The fourth-order valence-electron chi connectivity index (χ4n) is 2.49. The fraction of sp³-hybridized carbons (Fsp3) is 0.533. The lowest BCUT2D eigenvalue weighted by Crippen LogP contribution is -2.33. The van der Waals surface area contributed by atoms with Crippen molar-refractivity contribution in [3.05, 3.63) is 34.9 Å². The van der Waals surface area contributed by atoms with E-state index in [1.165, 1.54) is 13.0 Å². The molecule has 2 rings (SSSR count). The maximum Gasteiger partial charge on any atom is 0.169 e. The van der Waals surface area contributed by atoms with Gasteiger partial charge >= 0.3 is 0 Å². The molecule has 1 saturated carbocycles. The van der Waals surface area contributed by atoms with Gasteiger partial charge in [-0.2, -0.15) is 0 Å². The van der Waals surface area contributed by atoms with E-state index in [1.807, 2.05) is 6.92 Å². The molecule has 0 amide bonds. The molecule has 2 nitrogen and oxygen atoms in total. The summed E-state index contributed by atoms with van der Waals surface area (Å²) in [4.78, 5) is 12.0. The Morgan fingerprint density at radius 1 is 1.37 bits per heavy atom. The SMILES string of the molecule is CCOC1CC(CC(=O)c2c(F)ccc(C)c2F)C1. The van der Waals surface area contributed by atoms with Crippen LogP contribution in [-0.2, 0) is 4.74 Å². The van der Waals surface area contributed by atoms with Gasteiger partial charge in [0.2, 0.25) is 0 Å². The third-order valence-electron chi connectivity index (χ3n) is 3.63. The van der Waals surface area contributed by atoms with E-state index in [2.05, 4.69) is 0 Å². The van der Waals surface area contributed by atoms with Crippen LogP contribution in [0.15, 0.2) is 12.1 Å². The quantitative estimate of drug-likeness (QED) is 0.762. The largest absolute Gasteiger partial charge is 0.378 e. The highest BCUT2D eigenvalue weighted by Gasteiger charge is 2.32. The van der Waals surface area contributed by atoms with E-state index in [0.29, 0.717) is 12.2 Å². The number of Topliss-reactive ketones (excluding diaryl/α,β-unsaturated/α-hetero) is 1. The lowest BCUT2D eigenvalue weighted by Gasteiger charge is -2.34. The highest BCUT2D eigenvalue weighted by atomic mass is 19.1. The van der Waals surface area contributed by atoms with Gasteiger partial charge in [-0.25, -0.2) is 8.78 Å². The Hall–Kier alpha value is -1.29. The third kappa shape index (κ3) is 3.00. The molecule has 0 saturated heterocycles. The summed E-state index contributed by atoms with van der Waals surface area (Å²) in [6, 6.07) is 2.49. The number of rotatable bonds is 5. The molecule has 1 aromatic rings. The first-order chi connectivity index (χ1) is 9.02. The van der Waals surface area contributed by atoms with E-state index in [0.717, 1.165) is 18.9 Å². The van der Waals surface area contributed by atoms with Crippen molar-refractivity contribution in [2.45, 2.75) is 39.2 Å². The van der Waals surface area contributed by atoms with E-state index < -0.39 is 17.4 Å². The van der Waals surface area contributed by atoms with Crippen molar-refractivity contribution in [1.82, 2.24) is 0 Å². The van der Waals surface area contributed by atoms with Gasteiger partial charge < -0.3 is 4.74 Å². The summed E-state index contributed by atoms with van der Waals surface area (Å²) in [6.07, 6.45) is 2.00. The third-order valence-corrected chi connectivity index (χ3v) is 3.63. The topological polar surface area (TPSA) is 26.3 Å². The van der Waals surface area contributed by atoms with Crippen LogP contribution in [0.3, 0.4) is 0 Å². The Kier molecular flexibility index (Phi) is 4.30. The minimum atomic E-state index is -0.770. The highest BCUT2D eigenvalue weighted by molar-refractivity contribution is 5.97. The molecular weight excluding hydrogens is 250 g/mol. The van der Waals surface area contributed by atoms with Gasteiger partial charge in [0.15, 0.2) is 5.78 Å². The van der Waals surface area contributed by atoms with Crippen LogP contribution >= 0.6 is 0 Å². The molecule has 0 spiro atoms. The summed E-state index contributed by atoms with van der Waals surface area (Å²) in [6.45, 7) is 4.11. The van der Waals surface area contributed by atoms with Crippen molar-refractivity contribution in [2.24, 2.45) is 5.92 Å². The van der Waals surface area contributed by atoms with Gasteiger partial charge in [-0.15, -0.1) is 0 Å². The van der Waals surface area contributed by atoms with E-state index >= 15 is 0 Å². The van der Waals surface area contributed by atoms with Crippen LogP contribution in [0.25, 0.3) is 0 Å². The lowest BCUT2D eigenvalue weighted by molar-refractivity contribution is -0.0246. The van der Waals surface area contributed by atoms with Gasteiger partial charge in [-0.05, 0) is 44.2 Å². The molecule has 0 bridgehead atoms. The van der Waals surface area contributed by atoms with Crippen molar-refractivity contribution in [1.29, 1.82) is 0 Å². The number of hydrogen-bond acceptors (Lipinski definition) is 2. The monoisotopic (exact) mass is 268 g/mol. The smallest absolute Gasteiger partial charge is 0.169 e. The first-order valence-corrected chi connectivity index (χ1v) is 6.62. The van der Waals surface area contributed by atoms with Gasteiger partial charge in [0, 0.05) is 13.0 Å². The first-order valence-electron chi connectivity index (χ1n) is 6.62. The fourth-order valence-corrected chi connectivity index (χ4v) is 2.49. The minimum Gasteiger partial charge on any atom is -0.378 e. The number of hydrogen-bond donors (Lipinski definition) is 0. The minimum absolute atomic E-state index is 0.184. The zero-order valence-corrected chi connectivity index (χ0v) is 11.2. The Morgan fingerprint density at radius 3 is 2.68 bits per heavy atom. The number of aryl methyl sites for hydroxylation is 1. The molecule has 4 heteroatoms. The number of carbonyl (C=O) groups is 1. The van der Waals surface area contributed by atoms with E-state index in [4.69, 9.17) is 4.74 Å². The lowest BCUT2D eigenvalue weighted by atomic mass is 9.78. The Morgan fingerprint density at radius 2 is 2.05 bits per heavy atom. The maximum atomic E-state index is 13.8. The number of ether oxygens (including phenoxy) is 1.